The number of amides is 1. The number of nitrogens with zero attached hydrogens (tertiary/aromatic N) is 2. The van der Waals surface area contributed by atoms with Gasteiger partial charge in [-0.05, 0) is 55.6 Å². The molecule has 8 nitrogen and oxygen atoms in total. The second-order valence-corrected chi connectivity index (χ2v) is 9.88. The van der Waals surface area contributed by atoms with Crippen LogP contribution in [0.3, 0.4) is 0 Å². The number of aromatic nitrogens is 2. The molecule has 0 saturated carbocycles. The topological polar surface area (TPSA) is 88.7 Å². The first kappa shape index (κ1) is 27.4. The zero-order valence-corrected chi connectivity index (χ0v) is 23.1. The SMILES string of the molecule is COCCN(C)CCCOc1cc(NC(=O)c2sccc2C)c(C=Cc2n[nH]c3ccccc23)cc1OC. The summed E-state index contributed by atoms with van der Waals surface area (Å²) in [4.78, 5) is 16.0. The van der Waals surface area contributed by atoms with Crippen LogP contribution in [0.1, 0.15) is 32.9 Å². The van der Waals surface area contributed by atoms with E-state index < -0.39 is 0 Å². The van der Waals surface area contributed by atoms with Gasteiger partial charge in [0, 0.05) is 37.2 Å². The van der Waals surface area contributed by atoms with E-state index in [0.29, 0.717) is 35.3 Å². The van der Waals surface area contributed by atoms with E-state index in [2.05, 4.69) is 27.5 Å². The highest BCUT2D eigenvalue weighted by molar-refractivity contribution is 7.12. The van der Waals surface area contributed by atoms with Gasteiger partial charge in [0.15, 0.2) is 11.5 Å². The molecule has 0 aliphatic rings. The number of anilines is 1. The fourth-order valence-corrected chi connectivity index (χ4v) is 4.85. The van der Waals surface area contributed by atoms with Crippen LogP contribution in [-0.2, 0) is 4.74 Å². The Kier molecular flexibility index (Phi) is 9.53. The highest BCUT2D eigenvalue weighted by Gasteiger charge is 2.16. The van der Waals surface area contributed by atoms with Crippen LogP contribution in [-0.4, -0.2) is 68.6 Å². The molecule has 2 N–H and O–H groups in total. The zero-order chi connectivity index (χ0) is 26.9. The Morgan fingerprint density at radius 1 is 1.11 bits per heavy atom. The van der Waals surface area contributed by atoms with Gasteiger partial charge in [-0.25, -0.2) is 0 Å². The Labute approximate surface area is 227 Å². The quantitative estimate of drug-likeness (QED) is 0.214. The second kappa shape index (κ2) is 13.2. The highest BCUT2D eigenvalue weighted by atomic mass is 32.1. The number of aromatic amines is 1. The van der Waals surface area contributed by atoms with E-state index in [1.165, 1.54) is 11.3 Å². The van der Waals surface area contributed by atoms with Gasteiger partial charge >= 0.3 is 0 Å². The summed E-state index contributed by atoms with van der Waals surface area (Å²) in [6, 6.07) is 13.6. The van der Waals surface area contributed by atoms with E-state index in [1.807, 2.05) is 66.9 Å². The van der Waals surface area contributed by atoms with E-state index in [9.17, 15) is 4.79 Å². The lowest BCUT2D eigenvalue weighted by Crippen LogP contribution is -2.25. The van der Waals surface area contributed by atoms with E-state index >= 15 is 0 Å². The van der Waals surface area contributed by atoms with Crippen LogP contribution in [0.15, 0.2) is 47.8 Å². The molecular weight excluding hydrogens is 500 g/mol. The maximum atomic E-state index is 13.1. The number of aryl methyl sites for hydroxylation is 1. The lowest BCUT2D eigenvalue weighted by Gasteiger charge is -2.18. The summed E-state index contributed by atoms with van der Waals surface area (Å²) in [6.45, 7) is 4.89. The largest absolute Gasteiger partial charge is 0.493 e. The molecule has 1 amide bonds. The van der Waals surface area contributed by atoms with Crippen molar-refractivity contribution in [2.75, 3.05) is 52.9 Å². The van der Waals surface area contributed by atoms with Gasteiger partial charge in [0.05, 0.1) is 42.1 Å². The normalized spacial score (nSPS) is 11.5. The molecule has 38 heavy (non-hydrogen) atoms. The first-order chi connectivity index (χ1) is 18.5. The maximum Gasteiger partial charge on any atom is 0.266 e. The number of H-pyrrole nitrogens is 1. The van der Waals surface area contributed by atoms with Gasteiger partial charge in [0.1, 0.15) is 0 Å². The fourth-order valence-electron chi connectivity index (χ4n) is 4.03. The van der Waals surface area contributed by atoms with Crippen LogP contribution < -0.4 is 14.8 Å². The minimum Gasteiger partial charge on any atom is -0.493 e. The zero-order valence-electron chi connectivity index (χ0n) is 22.2. The second-order valence-electron chi connectivity index (χ2n) is 8.96. The van der Waals surface area contributed by atoms with Crippen molar-refractivity contribution < 1.29 is 19.0 Å². The Balaban J connectivity index is 1.59. The van der Waals surface area contributed by atoms with E-state index in [4.69, 9.17) is 14.2 Å². The summed E-state index contributed by atoms with van der Waals surface area (Å²) >= 11 is 1.42. The number of carbonyl (C=O) groups is 1. The van der Waals surface area contributed by atoms with Crippen molar-refractivity contribution in [3.05, 3.63) is 69.5 Å². The van der Waals surface area contributed by atoms with Crippen molar-refractivity contribution >= 4 is 46.0 Å². The third-order valence-electron chi connectivity index (χ3n) is 6.19. The van der Waals surface area contributed by atoms with Crippen LogP contribution in [0.25, 0.3) is 23.1 Å². The Hall–Kier alpha value is -3.66. The number of nitrogens with one attached hydrogen (secondary N) is 2. The molecule has 4 aromatic rings. The number of hydrogen-bond acceptors (Lipinski definition) is 7. The molecule has 4 rings (SSSR count). The van der Waals surface area contributed by atoms with Crippen LogP contribution >= 0.6 is 11.3 Å². The van der Waals surface area contributed by atoms with Crippen molar-refractivity contribution in [1.82, 2.24) is 15.1 Å². The van der Waals surface area contributed by atoms with Gasteiger partial charge in [-0.1, -0.05) is 24.3 Å². The standard InChI is InChI=1S/C29H34N4O4S/c1-20-12-17-38-28(20)29(34)30-25-19-27(37-15-7-13-33(2)14-16-35-3)26(36-4)18-21(25)10-11-24-22-8-5-6-9-23(22)31-32-24/h5-6,8-12,17-19H,7,13-16H2,1-4H3,(H,30,34)(H,31,32). The number of carbonyl (C=O) groups excluding carboxylic acids is 1. The number of fused-ring (bicyclic) bond motifs is 1. The number of likely N-dealkylation sites (N-methyl/N-ethyl adjacent to an activating group) is 1. The lowest BCUT2D eigenvalue weighted by atomic mass is 10.1. The molecule has 2 heterocycles. The van der Waals surface area contributed by atoms with E-state index in [0.717, 1.165) is 47.2 Å². The average Bonchev–Trinajstić information content (AvgIpc) is 3.55. The molecular formula is C29H34N4O4S. The predicted octanol–water partition coefficient (Wildman–Crippen LogP) is 5.71. The number of benzene rings is 2. The van der Waals surface area contributed by atoms with E-state index in [1.54, 1.807) is 14.2 Å². The number of ether oxygens (including phenoxy) is 3. The highest BCUT2D eigenvalue weighted by Crippen LogP contribution is 2.35. The molecule has 0 radical (unpaired) electrons. The monoisotopic (exact) mass is 534 g/mol. The summed E-state index contributed by atoms with van der Waals surface area (Å²) < 4.78 is 16.9. The van der Waals surface area contributed by atoms with Gasteiger partial charge in [-0.3, -0.25) is 9.89 Å². The summed E-state index contributed by atoms with van der Waals surface area (Å²) in [5.74, 6) is 1.01. The van der Waals surface area contributed by atoms with Crippen LogP contribution in [0.4, 0.5) is 5.69 Å². The first-order valence-electron chi connectivity index (χ1n) is 12.5. The Bertz CT molecular complexity index is 1390. The number of rotatable bonds is 13. The van der Waals surface area contributed by atoms with Crippen molar-refractivity contribution in [2.24, 2.45) is 0 Å². The number of hydrogen-bond donors (Lipinski definition) is 2. The van der Waals surface area contributed by atoms with Crippen molar-refractivity contribution in [3.8, 4) is 11.5 Å². The molecule has 0 unspecified atom stereocenters. The van der Waals surface area contributed by atoms with Gasteiger partial charge < -0.3 is 24.4 Å². The molecule has 0 atom stereocenters. The van der Waals surface area contributed by atoms with Crippen molar-refractivity contribution in [2.45, 2.75) is 13.3 Å². The molecule has 2 aromatic heterocycles. The molecule has 0 fully saturated rings. The molecule has 0 bridgehead atoms. The number of methoxy groups -OCH3 is 2. The summed E-state index contributed by atoms with van der Waals surface area (Å²) in [7, 11) is 5.38. The Morgan fingerprint density at radius 2 is 1.95 bits per heavy atom. The van der Waals surface area contributed by atoms with Gasteiger partial charge in [-0.15, -0.1) is 11.3 Å². The average molecular weight is 535 g/mol. The van der Waals surface area contributed by atoms with Crippen LogP contribution in [0, 0.1) is 6.92 Å². The molecule has 200 valence electrons. The molecule has 2 aromatic carbocycles. The third-order valence-corrected chi connectivity index (χ3v) is 7.21. The van der Waals surface area contributed by atoms with E-state index in [-0.39, 0.29) is 5.91 Å². The van der Waals surface area contributed by atoms with Crippen LogP contribution in [0.2, 0.25) is 0 Å². The lowest BCUT2D eigenvalue weighted by molar-refractivity contribution is 0.103. The minimum atomic E-state index is -0.159. The number of thiophene rings is 1. The summed E-state index contributed by atoms with van der Waals surface area (Å²) in [6.07, 6.45) is 4.69. The molecule has 0 aliphatic carbocycles. The van der Waals surface area contributed by atoms with Gasteiger partial charge in [-0.2, -0.15) is 5.10 Å². The molecule has 0 saturated heterocycles. The predicted molar refractivity (Wildman–Crippen MR) is 155 cm³/mol. The van der Waals surface area contributed by atoms with Gasteiger partial charge in [0.25, 0.3) is 5.91 Å². The van der Waals surface area contributed by atoms with Crippen molar-refractivity contribution in [1.29, 1.82) is 0 Å². The fraction of sp³-hybridized carbons (Fsp3) is 0.310. The van der Waals surface area contributed by atoms with Crippen LogP contribution in [0.5, 0.6) is 11.5 Å². The molecule has 0 aliphatic heterocycles. The van der Waals surface area contributed by atoms with Gasteiger partial charge in [0.2, 0.25) is 0 Å². The maximum absolute atomic E-state index is 13.1. The minimum absolute atomic E-state index is 0.159. The van der Waals surface area contributed by atoms with Crippen molar-refractivity contribution in [3.63, 3.8) is 0 Å². The first-order valence-corrected chi connectivity index (χ1v) is 13.4. The molecule has 0 spiro atoms. The smallest absolute Gasteiger partial charge is 0.266 e. The third kappa shape index (κ3) is 6.80. The number of para-hydroxylation sites is 1. The summed E-state index contributed by atoms with van der Waals surface area (Å²) in [5.41, 5.74) is 4.12. The summed E-state index contributed by atoms with van der Waals surface area (Å²) in [5, 5.41) is 13.5. The Morgan fingerprint density at radius 3 is 2.71 bits per heavy atom. The molecule has 9 heteroatoms.